The number of hydrogen-bond acceptors (Lipinski definition) is 1. The van der Waals surface area contributed by atoms with Gasteiger partial charge in [0, 0.05) is 0 Å². The SMILES string of the molecule is CC1CCCC1.CCCc1cc(C2CCCCC2)ccc1N=C(C)N. The van der Waals surface area contributed by atoms with Gasteiger partial charge in [-0.25, -0.2) is 4.99 Å². The number of rotatable bonds is 4. The van der Waals surface area contributed by atoms with Crippen LogP contribution in [0.5, 0.6) is 0 Å². The average molecular weight is 343 g/mol. The van der Waals surface area contributed by atoms with Gasteiger partial charge in [-0.15, -0.1) is 0 Å². The first-order valence-corrected chi connectivity index (χ1v) is 10.5. The molecule has 2 saturated carbocycles. The molecule has 1 aromatic rings. The number of aliphatic imine (C=N–C) groups is 1. The molecule has 25 heavy (non-hydrogen) atoms. The van der Waals surface area contributed by atoms with Gasteiger partial charge in [0.15, 0.2) is 0 Å². The summed E-state index contributed by atoms with van der Waals surface area (Å²) in [4.78, 5) is 4.46. The number of benzene rings is 1. The Balaban J connectivity index is 0.000000316. The van der Waals surface area contributed by atoms with Crippen molar-refractivity contribution in [2.24, 2.45) is 16.6 Å². The van der Waals surface area contributed by atoms with Crippen LogP contribution in [0.3, 0.4) is 0 Å². The Morgan fingerprint density at radius 2 is 1.68 bits per heavy atom. The van der Waals surface area contributed by atoms with Gasteiger partial charge < -0.3 is 5.73 Å². The quantitative estimate of drug-likeness (QED) is 0.469. The number of nitrogens with two attached hydrogens (primary N) is 1. The largest absolute Gasteiger partial charge is 0.387 e. The zero-order chi connectivity index (χ0) is 18.1. The molecule has 0 atom stereocenters. The van der Waals surface area contributed by atoms with E-state index in [0.717, 1.165) is 30.4 Å². The van der Waals surface area contributed by atoms with Crippen LogP contribution in [0.15, 0.2) is 23.2 Å². The van der Waals surface area contributed by atoms with Crippen molar-refractivity contribution in [1.82, 2.24) is 0 Å². The second kappa shape index (κ2) is 10.6. The van der Waals surface area contributed by atoms with E-state index in [9.17, 15) is 0 Å². The highest BCUT2D eigenvalue weighted by Gasteiger charge is 2.16. The van der Waals surface area contributed by atoms with Gasteiger partial charge in [0.25, 0.3) is 0 Å². The third kappa shape index (κ3) is 6.84. The molecule has 2 nitrogen and oxygen atoms in total. The second-order valence-corrected chi connectivity index (χ2v) is 8.12. The van der Waals surface area contributed by atoms with Crippen molar-refractivity contribution >= 4 is 11.5 Å². The Morgan fingerprint density at radius 1 is 1.04 bits per heavy atom. The minimum Gasteiger partial charge on any atom is -0.387 e. The molecule has 2 heteroatoms. The van der Waals surface area contributed by atoms with E-state index in [4.69, 9.17) is 5.73 Å². The molecule has 140 valence electrons. The van der Waals surface area contributed by atoms with E-state index in [1.807, 2.05) is 6.92 Å². The minimum atomic E-state index is 0.641. The number of amidine groups is 1. The predicted octanol–water partition coefficient (Wildman–Crippen LogP) is 6.89. The predicted molar refractivity (Wildman–Crippen MR) is 111 cm³/mol. The van der Waals surface area contributed by atoms with Gasteiger partial charge in [-0.3, -0.25) is 0 Å². The maximum atomic E-state index is 5.72. The summed E-state index contributed by atoms with van der Waals surface area (Å²) in [5.41, 5.74) is 9.64. The molecule has 2 N–H and O–H groups in total. The van der Waals surface area contributed by atoms with E-state index in [2.05, 4.69) is 37.0 Å². The Labute approximate surface area is 155 Å². The minimum absolute atomic E-state index is 0.641. The summed E-state index contributed by atoms with van der Waals surface area (Å²) in [5, 5.41) is 0. The van der Waals surface area contributed by atoms with E-state index >= 15 is 0 Å². The van der Waals surface area contributed by atoms with Crippen LogP contribution in [-0.4, -0.2) is 5.84 Å². The number of hydrogen-bond donors (Lipinski definition) is 1. The summed E-state index contributed by atoms with van der Waals surface area (Å²) in [6, 6.07) is 6.80. The normalized spacial score (nSPS) is 19.6. The summed E-state index contributed by atoms with van der Waals surface area (Å²) >= 11 is 0. The maximum Gasteiger partial charge on any atom is 0.0965 e. The van der Waals surface area contributed by atoms with Crippen LogP contribution >= 0.6 is 0 Å². The summed E-state index contributed by atoms with van der Waals surface area (Å²) < 4.78 is 0. The number of aryl methyl sites for hydroxylation is 1. The van der Waals surface area contributed by atoms with E-state index in [-0.39, 0.29) is 0 Å². The molecule has 0 aromatic heterocycles. The van der Waals surface area contributed by atoms with Gasteiger partial charge in [0.05, 0.1) is 11.5 Å². The average Bonchev–Trinajstić information content (AvgIpc) is 3.09. The van der Waals surface area contributed by atoms with Crippen LogP contribution in [0, 0.1) is 5.92 Å². The molecule has 0 unspecified atom stereocenters. The van der Waals surface area contributed by atoms with Crippen LogP contribution in [0.2, 0.25) is 0 Å². The Morgan fingerprint density at radius 3 is 2.20 bits per heavy atom. The molecule has 0 aliphatic heterocycles. The summed E-state index contributed by atoms with van der Waals surface area (Å²) in [7, 11) is 0. The van der Waals surface area contributed by atoms with Gasteiger partial charge in [0.1, 0.15) is 0 Å². The fourth-order valence-corrected chi connectivity index (χ4v) is 4.19. The van der Waals surface area contributed by atoms with E-state index < -0.39 is 0 Å². The molecule has 0 amide bonds. The molecule has 3 rings (SSSR count). The van der Waals surface area contributed by atoms with E-state index in [0.29, 0.717) is 5.84 Å². The molecule has 0 bridgehead atoms. The lowest BCUT2D eigenvalue weighted by atomic mass is 9.83. The molecule has 2 fully saturated rings. The summed E-state index contributed by atoms with van der Waals surface area (Å²) in [5.74, 6) is 2.45. The van der Waals surface area contributed by atoms with Crippen molar-refractivity contribution in [1.29, 1.82) is 0 Å². The molecule has 0 saturated heterocycles. The monoisotopic (exact) mass is 342 g/mol. The Kier molecular flexibility index (Phi) is 8.51. The van der Waals surface area contributed by atoms with Crippen molar-refractivity contribution in [2.45, 2.75) is 97.3 Å². The molecule has 0 spiro atoms. The standard InChI is InChI=1S/C17H26N2.C6H12/c1-3-7-16-12-15(14-8-5-4-6-9-14)10-11-17(16)19-13(2)18;1-6-4-2-3-5-6/h10-12,14H,3-9H2,1-2H3,(H2,18,19);6H,2-5H2,1H3. The van der Waals surface area contributed by atoms with Crippen LogP contribution in [0.25, 0.3) is 0 Å². The Hall–Kier alpha value is -1.31. The lowest BCUT2D eigenvalue weighted by Crippen LogP contribution is -2.06. The van der Waals surface area contributed by atoms with Gasteiger partial charge in [0.2, 0.25) is 0 Å². The van der Waals surface area contributed by atoms with Crippen LogP contribution in [0.4, 0.5) is 5.69 Å². The highest BCUT2D eigenvalue weighted by atomic mass is 14.8. The molecule has 2 aliphatic carbocycles. The molecule has 0 heterocycles. The third-order valence-corrected chi connectivity index (χ3v) is 5.64. The fourth-order valence-electron chi connectivity index (χ4n) is 4.19. The first-order valence-electron chi connectivity index (χ1n) is 10.5. The summed E-state index contributed by atoms with van der Waals surface area (Å²) in [6.07, 6.45) is 15.1. The van der Waals surface area contributed by atoms with Crippen molar-refractivity contribution in [2.75, 3.05) is 0 Å². The topological polar surface area (TPSA) is 38.4 Å². The van der Waals surface area contributed by atoms with Crippen LogP contribution in [0.1, 0.15) is 102 Å². The van der Waals surface area contributed by atoms with Crippen molar-refractivity contribution in [3.8, 4) is 0 Å². The van der Waals surface area contributed by atoms with Gasteiger partial charge in [-0.1, -0.05) is 77.3 Å². The van der Waals surface area contributed by atoms with Crippen molar-refractivity contribution in [3.63, 3.8) is 0 Å². The molecule has 0 radical (unpaired) electrons. The van der Waals surface area contributed by atoms with Crippen LogP contribution < -0.4 is 5.73 Å². The zero-order valence-electron chi connectivity index (χ0n) is 16.7. The Bertz CT molecular complexity index is 531. The number of nitrogens with zero attached hydrogens (tertiary/aromatic N) is 1. The van der Waals surface area contributed by atoms with E-state index in [1.54, 1.807) is 0 Å². The summed E-state index contributed by atoms with van der Waals surface area (Å²) in [6.45, 7) is 6.41. The zero-order valence-corrected chi connectivity index (χ0v) is 16.7. The first kappa shape index (κ1) is 20.0. The molecule has 1 aromatic carbocycles. The highest BCUT2D eigenvalue weighted by Crippen LogP contribution is 2.35. The van der Waals surface area contributed by atoms with Crippen LogP contribution in [-0.2, 0) is 6.42 Å². The second-order valence-electron chi connectivity index (χ2n) is 8.12. The molecular formula is C23H38N2. The smallest absolute Gasteiger partial charge is 0.0965 e. The fraction of sp³-hybridized carbons (Fsp3) is 0.696. The molecular weight excluding hydrogens is 304 g/mol. The third-order valence-electron chi connectivity index (χ3n) is 5.64. The maximum absolute atomic E-state index is 5.72. The van der Waals surface area contributed by atoms with Gasteiger partial charge in [-0.2, -0.15) is 0 Å². The highest BCUT2D eigenvalue weighted by molar-refractivity contribution is 5.81. The molecule has 2 aliphatic rings. The lowest BCUT2D eigenvalue weighted by Gasteiger charge is -2.23. The van der Waals surface area contributed by atoms with Crippen molar-refractivity contribution < 1.29 is 0 Å². The lowest BCUT2D eigenvalue weighted by molar-refractivity contribution is 0.443. The van der Waals surface area contributed by atoms with Crippen molar-refractivity contribution in [3.05, 3.63) is 29.3 Å². The van der Waals surface area contributed by atoms with E-state index in [1.165, 1.54) is 68.9 Å². The first-order chi connectivity index (χ1) is 12.1. The van der Waals surface area contributed by atoms with Gasteiger partial charge >= 0.3 is 0 Å². The van der Waals surface area contributed by atoms with Gasteiger partial charge in [-0.05, 0) is 55.2 Å².